The number of benzene rings is 9. The Morgan fingerprint density at radius 1 is 0.367 bits per heavy atom. The smallest absolute Gasteiger partial charge is 0.261 e. The normalized spacial score (nSPS) is 14.1. The van der Waals surface area contributed by atoms with E-state index < -0.39 is 11.8 Å². The highest BCUT2D eigenvalue weighted by atomic mass is 16.5. The lowest BCUT2D eigenvalue weighted by atomic mass is 9.82. The van der Waals surface area contributed by atoms with Crippen LogP contribution in [0.3, 0.4) is 0 Å². The molecule has 12 aromatic rings. The number of unbranched alkanes of at least 4 members (excludes halogenated alkanes) is 6. The van der Waals surface area contributed by atoms with Crippen molar-refractivity contribution in [2.75, 3.05) is 13.2 Å². The molecule has 492 valence electrons. The van der Waals surface area contributed by atoms with E-state index in [9.17, 15) is 19.2 Å². The highest BCUT2D eigenvalue weighted by Gasteiger charge is 2.40. The molecule has 15 heteroatoms. The second-order valence-electron chi connectivity index (χ2n) is 30.4. The van der Waals surface area contributed by atoms with Gasteiger partial charge in [-0.1, -0.05) is 188 Å². The monoisotopic (exact) mass is 1300 g/mol. The lowest BCUT2D eigenvalue weighted by Crippen LogP contribution is -2.47. The fourth-order valence-corrected chi connectivity index (χ4v) is 15.4. The van der Waals surface area contributed by atoms with Gasteiger partial charge in [-0.2, -0.15) is 0 Å². The first-order chi connectivity index (χ1) is 47.1. The number of ether oxygens (including phenoxy) is 1. The van der Waals surface area contributed by atoms with Crippen LogP contribution in [0.5, 0.6) is 5.75 Å². The number of imide groups is 2. The SMILES string of the molecule is CCCCCCC(CCCCCC)N1C(=O)c2ccc3c4ccc5c6c(ccc(c7ccc(c2c37)C1=O)c64)C(=O)N(CCOc1ccc2c(c1)-c1nc-2nc2[nH]c(nc3nc(nc4[nH]c(n1)c1ccc(C(C)(C)C)cc41)-c1ccc(C(C)(C)C)cc1-3)c1ccc(C(C)(C)C)cc21)C5=O. The van der Waals surface area contributed by atoms with Crippen molar-refractivity contribution >= 4 is 111 Å². The van der Waals surface area contributed by atoms with Crippen molar-refractivity contribution in [3.8, 4) is 51.3 Å². The van der Waals surface area contributed by atoms with Crippen molar-refractivity contribution in [2.45, 2.75) is 163 Å². The standard InChI is InChI=1S/C83H80N10O5/c1-12-14-16-18-20-47(21-19-17-15-13-2)93-79(96)59-36-32-51-49-30-34-57-67-58(35-31-50(65(49)67)52-33-37-60(80(93)97)68(59)66(51)52)78(95)92(77(57)94)38-39-98-48-25-29-56-64(43-48)76-90-71-55-28-24-46(83(9,10)11)42-63(55)74(88-71)86-69-53-26-22-44(81(3,4)5)40-61(53)73(84-69)85-70-54-27-23-45(82(6,7)8)41-62(54)75(87-70)89-72(56)91-76/h22-37,40-43,47H,12-21,38-39H2,1-11H3,(H2,84,85,86,87,88,89,90,91). The highest BCUT2D eigenvalue weighted by Crippen LogP contribution is 2.48. The number of carbonyl (C=O) groups is 4. The zero-order chi connectivity index (χ0) is 68.0. The van der Waals surface area contributed by atoms with E-state index in [4.69, 9.17) is 34.6 Å². The summed E-state index contributed by atoms with van der Waals surface area (Å²) in [5.41, 5.74) is 10.3. The zero-order valence-corrected chi connectivity index (χ0v) is 57.7. The van der Waals surface area contributed by atoms with Crippen molar-refractivity contribution in [1.82, 2.24) is 49.7 Å². The summed E-state index contributed by atoms with van der Waals surface area (Å²) in [5, 5.41) is 9.80. The molecule has 15 nitrogen and oxygen atoms in total. The summed E-state index contributed by atoms with van der Waals surface area (Å²) in [6, 6.07) is 40.1. The van der Waals surface area contributed by atoms with Gasteiger partial charge in [0.1, 0.15) is 34.9 Å². The third-order valence-corrected chi connectivity index (χ3v) is 20.9. The van der Waals surface area contributed by atoms with Gasteiger partial charge in [-0.25, -0.2) is 29.9 Å². The molecule has 0 radical (unpaired) electrons. The maximum Gasteiger partial charge on any atom is 0.261 e. The molecule has 0 unspecified atom stereocenters. The zero-order valence-electron chi connectivity index (χ0n) is 57.7. The summed E-state index contributed by atoms with van der Waals surface area (Å²) in [4.78, 5) is 101. The number of rotatable bonds is 15. The molecule has 9 aromatic carbocycles. The van der Waals surface area contributed by atoms with E-state index in [1.54, 1.807) is 4.90 Å². The van der Waals surface area contributed by atoms with Gasteiger partial charge in [0.05, 0.1) is 6.54 Å². The number of aromatic amines is 2. The molecular formula is C83H80N10O5. The van der Waals surface area contributed by atoms with Crippen molar-refractivity contribution in [1.29, 1.82) is 0 Å². The molecule has 4 aliphatic rings. The molecule has 0 aliphatic carbocycles. The molecule has 0 fully saturated rings. The average molecular weight is 1300 g/mol. The Morgan fingerprint density at radius 3 is 1.17 bits per heavy atom. The third kappa shape index (κ3) is 10.2. The quantitative estimate of drug-likeness (QED) is 0.0429. The van der Waals surface area contributed by atoms with Crippen LogP contribution in [-0.4, -0.2) is 92.5 Å². The Kier molecular flexibility index (Phi) is 14.8. The van der Waals surface area contributed by atoms with Gasteiger partial charge in [-0.15, -0.1) is 0 Å². The fourth-order valence-electron chi connectivity index (χ4n) is 15.4. The number of hydrogen-bond acceptors (Lipinski definition) is 11. The number of amides is 4. The highest BCUT2D eigenvalue weighted by molar-refractivity contribution is 6.41. The Morgan fingerprint density at radius 2 is 0.735 bits per heavy atom. The van der Waals surface area contributed by atoms with Crippen molar-refractivity contribution in [2.24, 2.45) is 0 Å². The van der Waals surface area contributed by atoms with Crippen LogP contribution in [0.4, 0.5) is 0 Å². The summed E-state index contributed by atoms with van der Waals surface area (Å²) >= 11 is 0. The van der Waals surface area contributed by atoms with E-state index in [2.05, 4.69) is 141 Å². The van der Waals surface area contributed by atoms with Crippen LogP contribution in [0, 0.1) is 0 Å². The molecule has 0 saturated carbocycles. The first-order valence-electron chi connectivity index (χ1n) is 35.0. The molecule has 0 saturated heterocycles. The van der Waals surface area contributed by atoms with Crippen molar-refractivity contribution < 1.29 is 23.9 Å². The van der Waals surface area contributed by atoms with Gasteiger partial charge < -0.3 is 14.7 Å². The fraction of sp³-hybridized carbons (Fsp3) is 0.325. The minimum atomic E-state index is -0.418. The summed E-state index contributed by atoms with van der Waals surface area (Å²) in [6.45, 7) is 24.1. The molecule has 4 aliphatic heterocycles. The Bertz CT molecular complexity index is 5450. The molecule has 3 aromatic heterocycles. The second kappa shape index (κ2) is 23.2. The maximum absolute atomic E-state index is 14.9. The summed E-state index contributed by atoms with van der Waals surface area (Å²) in [7, 11) is 0. The van der Waals surface area contributed by atoms with Crippen LogP contribution < -0.4 is 4.74 Å². The number of fused-ring (bicyclic) bond motifs is 22. The number of nitrogens with one attached hydrogen (secondary N) is 2. The Hall–Kier alpha value is -10.3. The minimum absolute atomic E-state index is 0.00846. The molecule has 0 spiro atoms. The predicted molar refractivity (Wildman–Crippen MR) is 392 cm³/mol. The van der Waals surface area contributed by atoms with Gasteiger partial charge in [0.2, 0.25) is 0 Å². The van der Waals surface area contributed by atoms with E-state index in [1.165, 1.54) is 4.90 Å². The van der Waals surface area contributed by atoms with Gasteiger partial charge in [-0.3, -0.25) is 29.0 Å². The van der Waals surface area contributed by atoms with E-state index >= 15 is 0 Å². The molecule has 0 atom stereocenters. The number of carbonyl (C=O) groups excluding carboxylic acids is 4. The van der Waals surface area contributed by atoms with E-state index in [-0.39, 0.29) is 47.3 Å². The Labute approximate surface area is 568 Å². The number of H-pyrrole nitrogens is 2. The number of hydrogen-bond donors (Lipinski definition) is 2. The second-order valence-corrected chi connectivity index (χ2v) is 30.4. The van der Waals surface area contributed by atoms with Crippen LogP contribution >= 0.6 is 0 Å². The van der Waals surface area contributed by atoms with Gasteiger partial charge in [0.25, 0.3) is 23.6 Å². The first kappa shape index (κ1) is 62.5. The largest absolute Gasteiger partial charge is 0.492 e. The lowest BCUT2D eigenvalue weighted by Gasteiger charge is -2.35. The van der Waals surface area contributed by atoms with E-state index in [0.29, 0.717) is 90.2 Å². The van der Waals surface area contributed by atoms with Crippen LogP contribution in [0.15, 0.2) is 121 Å². The van der Waals surface area contributed by atoms with E-state index in [1.807, 2.05) is 66.7 Å². The summed E-state index contributed by atoms with van der Waals surface area (Å²) in [6.07, 6.45) is 10.2. The molecule has 4 amide bonds. The number of nitrogens with zero attached hydrogens (tertiary/aromatic N) is 8. The van der Waals surface area contributed by atoms with Crippen LogP contribution in [0.2, 0.25) is 0 Å². The predicted octanol–water partition coefficient (Wildman–Crippen LogP) is 19.4. The van der Waals surface area contributed by atoms with Gasteiger partial charge in [0.15, 0.2) is 23.3 Å². The summed E-state index contributed by atoms with van der Waals surface area (Å²) < 4.78 is 6.57. The molecular weight excluding hydrogens is 1220 g/mol. The van der Waals surface area contributed by atoms with Crippen LogP contribution in [0.1, 0.15) is 198 Å². The van der Waals surface area contributed by atoms with Gasteiger partial charge in [-0.05, 0) is 139 Å². The first-order valence-corrected chi connectivity index (χ1v) is 35.0. The topological polar surface area (TPSA) is 193 Å². The van der Waals surface area contributed by atoms with Crippen molar-refractivity contribution in [3.05, 3.63) is 160 Å². The molecule has 16 rings (SSSR count). The van der Waals surface area contributed by atoms with Crippen LogP contribution in [-0.2, 0) is 16.2 Å². The lowest BCUT2D eigenvalue weighted by molar-refractivity contribution is 0.0514. The Balaban J connectivity index is 0.752. The van der Waals surface area contributed by atoms with E-state index in [0.717, 1.165) is 151 Å². The summed E-state index contributed by atoms with van der Waals surface area (Å²) in [5.74, 6) is 1.08. The molecule has 7 heterocycles. The van der Waals surface area contributed by atoms with Gasteiger partial charge in [0, 0.05) is 82.9 Å². The molecule has 8 bridgehead atoms. The number of aromatic nitrogens is 8. The van der Waals surface area contributed by atoms with Crippen LogP contribution in [0.25, 0.3) is 133 Å². The molecule has 98 heavy (non-hydrogen) atoms. The van der Waals surface area contributed by atoms with Crippen molar-refractivity contribution in [3.63, 3.8) is 0 Å². The van der Waals surface area contributed by atoms with Gasteiger partial charge >= 0.3 is 0 Å². The maximum atomic E-state index is 14.9. The molecule has 2 N–H and O–H groups in total. The average Bonchev–Trinajstić information content (AvgIpc) is 0.873. The minimum Gasteiger partial charge on any atom is -0.492 e. The third-order valence-electron chi connectivity index (χ3n) is 20.9.